The first-order valence-corrected chi connectivity index (χ1v) is 9.18. The molecule has 24 heavy (non-hydrogen) atoms. The SMILES string of the molecule is O=C(c1ccccn1)N1CCCC2(CCN(c3ccsc3)C2=O)C1. The van der Waals surface area contributed by atoms with Gasteiger partial charge in [0.25, 0.3) is 5.91 Å². The molecule has 0 saturated carbocycles. The van der Waals surface area contributed by atoms with Crippen molar-refractivity contribution < 1.29 is 9.59 Å². The van der Waals surface area contributed by atoms with Gasteiger partial charge in [-0.3, -0.25) is 14.6 Å². The maximum atomic E-state index is 13.1. The highest BCUT2D eigenvalue weighted by Gasteiger charge is 2.50. The Kier molecular flexibility index (Phi) is 3.84. The molecular formula is C18H19N3O2S. The Labute approximate surface area is 144 Å². The molecule has 2 aliphatic rings. The van der Waals surface area contributed by atoms with Crippen LogP contribution in [0.2, 0.25) is 0 Å². The van der Waals surface area contributed by atoms with Crippen LogP contribution in [-0.4, -0.2) is 41.3 Å². The molecule has 0 aromatic carbocycles. The molecule has 5 nitrogen and oxygen atoms in total. The third kappa shape index (κ3) is 2.51. The Balaban J connectivity index is 1.55. The molecule has 0 aliphatic carbocycles. The Morgan fingerprint density at radius 1 is 1.21 bits per heavy atom. The van der Waals surface area contributed by atoms with Crippen molar-refractivity contribution in [3.8, 4) is 0 Å². The lowest BCUT2D eigenvalue weighted by molar-refractivity contribution is -0.127. The van der Waals surface area contributed by atoms with Crippen LogP contribution in [-0.2, 0) is 4.79 Å². The van der Waals surface area contributed by atoms with Gasteiger partial charge in [-0.2, -0.15) is 11.3 Å². The molecule has 124 valence electrons. The van der Waals surface area contributed by atoms with Gasteiger partial charge in [-0.15, -0.1) is 0 Å². The van der Waals surface area contributed by atoms with Crippen molar-refractivity contribution in [3.63, 3.8) is 0 Å². The molecule has 2 aromatic rings. The Morgan fingerprint density at radius 2 is 2.12 bits per heavy atom. The van der Waals surface area contributed by atoms with Crippen LogP contribution in [0.25, 0.3) is 0 Å². The van der Waals surface area contributed by atoms with Crippen LogP contribution in [0.5, 0.6) is 0 Å². The van der Waals surface area contributed by atoms with E-state index in [9.17, 15) is 9.59 Å². The van der Waals surface area contributed by atoms with E-state index >= 15 is 0 Å². The van der Waals surface area contributed by atoms with Gasteiger partial charge in [-0.05, 0) is 42.8 Å². The number of hydrogen-bond acceptors (Lipinski definition) is 4. The molecular weight excluding hydrogens is 322 g/mol. The number of aromatic nitrogens is 1. The maximum absolute atomic E-state index is 13.1. The number of likely N-dealkylation sites (tertiary alicyclic amines) is 1. The van der Waals surface area contributed by atoms with E-state index in [2.05, 4.69) is 4.98 Å². The molecule has 4 rings (SSSR count). The fourth-order valence-electron chi connectivity index (χ4n) is 3.81. The van der Waals surface area contributed by atoms with Crippen LogP contribution in [0, 0.1) is 5.41 Å². The van der Waals surface area contributed by atoms with E-state index in [1.807, 2.05) is 27.8 Å². The molecule has 0 bridgehead atoms. The first-order chi connectivity index (χ1) is 11.7. The number of hydrogen-bond donors (Lipinski definition) is 0. The van der Waals surface area contributed by atoms with Crippen LogP contribution < -0.4 is 4.90 Å². The number of thiophene rings is 1. The number of nitrogens with zero attached hydrogens (tertiary/aromatic N) is 3. The normalized spacial score (nSPS) is 23.9. The van der Waals surface area contributed by atoms with E-state index in [4.69, 9.17) is 0 Å². The second-order valence-corrected chi connectivity index (χ2v) is 7.29. The third-order valence-electron chi connectivity index (χ3n) is 5.08. The van der Waals surface area contributed by atoms with Crippen molar-refractivity contribution >= 4 is 28.8 Å². The van der Waals surface area contributed by atoms with Gasteiger partial charge in [-0.1, -0.05) is 6.07 Å². The van der Waals surface area contributed by atoms with E-state index in [1.165, 1.54) is 0 Å². The van der Waals surface area contributed by atoms with E-state index in [1.54, 1.807) is 34.6 Å². The van der Waals surface area contributed by atoms with Crippen LogP contribution in [0.4, 0.5) is 5.69 Å². The minimum Gasteiger partial charge on any atom is -0.336 e. The van der Waals surface area contributed by atoms with Gasteiger partial charge in [0.2, 0.25) is 5.91 Å². The van der Waals surface area contributed by atoms with E-state index in [0.717, 1.165) is 31.5 Å². The minimum absolute atomic E-state index is 0.0727. The predicted octanol–water partition coefficient (Wildman–Crippen LogP) is 2.80. The Morgan fingerprint density at radius 3 is 2.88 bits per heavy atom. The molecule has 2 aromatic heterocycles. The highest BCUT2D eigenvalue weighted by atomic mass is 32.1. The Hall–Kier alpha value is -2.21. The van der Waals surface area contributed by atoms with Crippen molar-refractivity contribution in [2.24, 2.45) is 5.41 Å². The largest absolute Gasteiger partial charge is 0.336 e. The van der Waals surface area contributed by atoms with E-state index in [0.29, 0.717) is 18.8 Å². The zero-order valence-corrected chi connectivity index (χ0v) is 14.2. The summed E-state index contributed by atoms with van der Waals surface area (Å²) in [4.78, 5) is 33.6. The van der Waals surface area contributed by atoms with E-state index < -0.39 is 5.41 Å². The summed E-state index contributed by atoms with van der Waals surface area (Å²) in [6.07, 6.45) is 4.17. The number of carbonyl (C=O) groups excluding carboxylic acids is 2. The van der Waals surface area contributed by atoms with Gasteiger partial charge in [0, 0.05) is 31.2 Å². The summed E-state index contributed by atoms with van der Waals surface area (Å²) in [7, 11) is 0. The standard InChI is InChI=1S/C18H19N3O2S/c22-16(15-4-1-2-8-19-15)20-9-3-6-18(13-20)7-10-21(17(18)23)14-5-11-24-12-14/h1-2,4-5,8,11-12H,3,6-7,9-10,13H2. The fraction of sp³-hybridized carbons (Fsp3) is 0.389. The average molecular weight is 341 g/mol. The highest BCUT2D eigenvalue weighted by molar-refractivity contribution is 7.08. The van der Waals surface area contributed by atoms with Gasteiger partial charge in [0.05, 0.1) is 11.1 Å². The number of anilines is 1. The average Bonchev–Trinajstić information content (AvgIpc) is 3.25. The van der Waals surface area contributed by atoms with Gasteiger partial charge in [0.15, 0.2) is 0 Å². The maximum Gasteiger partial charge on any atom is 0.272 e. The molecule has 2 fully saturated rings. The Bertz CT molecular complexity index is 747. The monoisotopic (exact) mass is 341 g/mol. The summed E-state index contributed by atoms with van der Waals surface area (Å²) in [5.74, 6) is 0.0934. The quantitative estimate of drug-likeness (QED) is 0.844. The number of rotatable bonds is 2. The topological polar surface area (TPSA) is 53.5 Å². The van der Waals surface area contributed by atoms with Gasteiger partial charge >= 0.3 is 0 Å². The van der Waals surface area contributed by atoms with E-state index in [-0.39, 0.29) is 11.8 Å². The molecule has 0 radical (unpaired) electrons. The first-order valence-electron chi connectivity index (χ1n) is 8.24. The second kappa shape index (κ2) is 6.02. The lowest BCUT2D eigenvalue weighted by Crippen LogP contribution is -2.50. The molecule has 0 N–H and O–H groups in total. The molecule has 1 atom stereocenters. The summed E-state index contributed by atoms with van der Waals surface area (Å²) in [5, 5.41) is 4.00. The summed E-state index contributed by atoms with van der Waals surface area (Å²) < 4.78 is 0. The summed E-state index contributed by atoms with van der Waals surface area (Å²) >= 11 is 1.60. The van der Waals surface area contributed by atoms with Crippen LogP contribution in [0.3, 0.4) is 0 Å². The molecule has 2 saturated heterocycles. The van der Waals surface area contributed by atoms with Crippen molar-refractivity contribution in [2.45, 2.75) is 19.3 Å². The van der Waals surface area contributed by atoms with Crippen molar-refractivity contribution in [1.82, 2.24) is 9.88 Å². The number of pyridine rings is 1. The van der Waals surface area contributed by atoms with Crippen LogP contribution in [0.15, 0.2) is 41.2 Å². The third-order valence-corrected chi connectivity index (χ3v) is 5.75. The van der Waals surface area contributed by atoms with Gasteiger partial charge in [0.1, 0.15) is 5.69 Å². The van der Waals surface area contributed by atoms with Crippen LogP contribution >= 0.6 is 11.3 Å². The van der Waals surface area contributed by atoms with Gasteiger partial charge in [-0.25, -0.2) is 0 Å². The number of piperidine rings is 1. The first kappa shape index (κ1) is 15.3. The van der Waals surface area contributed by atoms with Crippen molar-refractivity contribution in [2.75, 3.05) is 24.5 Å². The smallest absolute Gasteiger partial charge is 0.272 e. The molecule has 1 spiro atoms. The molecule has 1 unspecified atom stereocenters. The summed E-state index contributed by atoms with van der Waals surface area (Å²) in [5.41, 5.74) is 1.01. The fourth-order valence-corrected chi connectivity index (χ4v) is 4.45. The second-order valence-electron chi connectivity index (χ2n) is 6.51. The lowest BCUT2D eigenvalue weighted by Gasteiger charge is -2.38. The van der Waals surface area contributed by atoms with Crippen molar-refractivity contribution in [3.05, 3.63) is 46.9 Å². The predicted molar refractivity (Wildman–Crippen MR) is 93.1 cm³/mol. The number of amides is 2. The lowest BCUT2D eigenvalue weighted by atomic mass is 9.78. The molecule has 2 amide bonds. The van der Waals surface area contributed by atoms with Crippen molar-refractivity contribution in [1.29, 1.82) is 0 Å². The zero-order valence-electron chi connectivity index (χ0n) is 13.4. The molecule has 6 heteroatoms. The summed E-state index contributed by atoms with van der Waals surface area (Å²) in [6, 6.07) is 7.34. The minimum atomic E-state index is -0.426. The zero-order chi connectivity index (χ0) is 16.6. The van der Waals surface area contributed by atoms with Gasteiger partial charge < -0.3 is 9.80 Å². The number of carbonyl (C=O) groups is 2. The summed E-state index contributed by atoms with van der Waals surface area (Å²) in [6.45, 7) is 1.94. The highest BCUT2D eigenvalue weighted by Crippen LogP contribution is 2.42. The van der Waals surface area contributed by atoms with Crippen LogP contribution in [0.1, 0.15) is 29.8 Å². The molecule has 2 aliphatic heterocycles. The molecule has 4 heterocycles.